The Morgan fingerprint density at radius 2 is 2.08 bits per heavy atom. The molecule has 0 bridgehead atoms. The molecule has 0 atom stereocenters. The Kier molecular flexibility index (Phi) is 2.56. The van der Waals surface area contributed by atoms with Gasteiger partial charge in [-0.2, -0.15) is 0 Å². The summed E-state index contributed by atoms with van der Waals surface area (Å²) in [4.78, 5) is 11.4. The highest BCUT2D eigenvalue weighted by molar-refractivity contribution is 5.46. The second-order valence-corrected chi connectivity index (χ2v) is 2.99. The normalized spacial score (nSPS) is 11.0. The summed E-state index contributed by atoms with van der Waals surface area (Å²) < 4.78 is 0.669. The van der Waals surface area contributed by atoms with Gasteiger partial charge in [0.2, 0.25) is 0 Å². The van der Waals surface area contributed by atoms with Crippen molar-refractivity contribution in [1.29, 1.82) is 0 Å². The SMILES string of the molecule is CC=Cc1cc(C)c(C)c(=O)n1O. The molecule has 0 saturated heterocycles. The molecule has 0 amide bonds. The van der Waals surface area contributed by atoms with E-state index in [4.69, 9.17) is 0 Å². The van der Waals surface area contributed by atoms with Crippen molar-refractivity contribution in [2.45, 2.75) is 20.8 Å². The van der Waals surface area contributed by atoms with Gasteiger partial charge in [-0.3, -0.25) is 4.79 Å². The van der Waals surface area contributed by atoms with Crippen LogP contribution in [-0.2, 0) is 0 Å². The van der Waals surface area contributed by atoms with Crippen LogP contribution in [-0.4, -0.2) is 9.94 Å². The van der Waals surface area contributed by atoms with Gasteiger partial charge in [-0.05, 0) is 38.5 Å². The lowest BCUT2D eigenvalue weighted by molar-refractivity contribution is 0.172. The number of pyridine rings is 1. The quantitative estimate of drug-likeness (QED) is 0.667. The zero-order valence-electron chi connectivity index (χ0n) is 8.03. The standard InChI is InChI=1S/C10H13NO2/c1-4-5-9-6-7(2)8(3)10(12)11(9)13/h4-6,13H,1-3H3. The van der Waals surface area contributed by atoms with Crippen LogP contribution in [0.2, 0.25) is 0 Å². The van der Waals surface area contributed by atoms with Crippen molar-refractivity contribution in [3.8, 4) is 0 Å². The summed E-state index contributed by atoms with van der Waals surface area (Å²) in [6.45, 7) is 5.38. The van der Waals surface area contributed by atoms with E-state index in [1.807, 2.05) is 13.8 Å². The third-order valence-electron chi connectivity index (χ3n) is 2.05. The van der Waals surface area contributed by atoms with Crippen LogP contribution in [0.1, 0.15) is 23.7 Å². The first kappa shape index (κ1) is 9.58. The van der Waals surface area contributed by atoms with Crippen LogP contribution in [0.5, 0.6) is 0 Å². The topological polar surface area (TPSA) is 42.2 Å². The number of rotatable bonds is 1. The number of hydrogen-bond acceptors (Lipinski definition) is 2. The number of allylic oxidation sites excluding steroid dienone is 1. The molecule has 1 rings (SSSR count). The van der Waals surface area contributed by atoms with E-state index in [2.05, 4.69) is 0 Å². The molecular weight excluding hydrogens is 166 g/mol. The van der Waals surface area contributed by atoms with Gasteiger partial charge in [0.25, 0.3) is 5.56 Å². The minimum atomic E-state index is -0.354. The highest BCUT2D eigenvalue weighted by Gasteiger charge is 2.05. The largest absolute Gasteiger partial charge is 0.425 e. The first-order valence-electron chi connectivity index (χ1n) is 4.13. The van der Waals surface area contributed by atoms with Gasteiger partial charge in [0.15, 0.2) is 0 Å². The molecule has 3 nitrogen and oxygen atoms in total. The Morgan fingerprint density at radius 1 is 1.46 bits per heavy atom. The van der Waals surface area contributed by atoms with Crippen LogP contribution in [0.3, 0.4) is 0 Å². The van der Waals surface area contributed by atoms with Gasteiger partial charge in [-0.1, -0.05) is 6.08 Å². The predicted molar refractivity (Wildman–Crippen MR) is 52.1 cm³/mol. The molecule has 13 heavy (non-hydrogen) atoms. The van der Waals surface area contributed by atoms with Crippen molar-refractivity contribution < 1.29 is 5.21 Å². The van der Waals surface area contributed by atoms with Crippen molar-refractivity contribution >= 4 is 6.08 Å². The number of hydrogen-bond donors (Lipinski definition) is 1. The average molecular weight is 179 g/mol. The van der Waals surface area contributed by atoms with Gasteiger partial charge in [-0.15, -0.1) is 4.73 Å². The molecular formula is C10H13NO2. The summed E-state index contributed by atoms with van der Waals surface area (Å²) >= 11 is 0. The highest BCUT2D eigenvalue weighted by Crippen LogP contribution is 2.05. The maximum atomic E-state index is 11.4. The minimum absolute atomic E-state index is 0.354. The molecule has 3 heteroatoms. The highest BCUT2D eigenvalue weighted by atomic mass is 16.5. The maximum Gasteiger partial charge on any atom is 0.286 e. The Labute approximate surface area is 76.9 Å². The predicted octanol–water partition coefficient (Wildman–Crippen LogP) is 1.74. The average Bonchev–Trinajstić information content (AvgIpc) is 2.11. The van der Waals surface area contributed by atoms with E-state index < -0.39 is 0 Å². The Hall–Kier alpha value is -1.51. The van der Waals surface area contributed by atoms with Gasteiger partial charge < -0.3 is 5.21 Å². The lowest BCUT2D eigenvalue weighted by Crippen LogP contribution is -2.22. The molecule has 1 aromatic heterocycles. The van der Waals surface area contributed by atoms with E-state index in [1.165, 1.54) is 0 Å². The molecule has 1 heterocycles. The molecule has 70 valence electrons. The van der Waals surface area contributed by atoms with E-state index in [9.17, 15) is 10.0 Å². The van der Waals surface area contributed by atoms with Crippen molar-refractivity contribution in [3.05, 3.63) is 39.3 Å². The molecule has 0 fully saturated rings. The van der Waals surface area contributed by atoms with Gasteiger partial charge in [-0.25, -0.2) is 0 Å². The summed E-state index contributed by atoms with van der Waals surface area (Å²) in [5, 5.41) is 9.39. The smallest absolute Gasteiger partial charge is 0.286 e. The fraction of sp³-hybridized carbons (Fsp3) is 0.300. The monoisotopic (exact) mass is 179 g/mol. The van der Waals surface area contributed by atoms with Gasteiger partial charge >= 0.3 is 0 Å². The number of nitrogens with zero attached hydrogens (tertiary/aromatic N) is 1. The van der Waals surface area contributed by atoms with Crippen molar-refractivity contribution in [3.63, 3.8) is 0 Å². The molecule has 0 unspecified atom stereocenters. The third-order valence-corrected chi connectivity index (χ3v) is 2.05. The summed E-state index contributed by atoms with van der Waals surface area (Å²) in [7, 11) is 0. The number of aryl methyl sites for hydroxylation is 1. The van der Waals surface area contributed by atoms with Crippen LogP contribution in [0, 0.1) is 13.8 Å². The van der Waals surface area contributed by atoms with Gasteiger partial charge in [0, 0.05) is 5.56 Å². The fourth-order valence-corrected chi connectivity index (χ4v) is 1.13. The van der Waals surface area contributed by atoms with Crippen molar-refractivity contribution in [2.24, 2.45) is 0 Å². The summed E-state index contributed by atoms with van der Waals surface area (Å²) in [6, 6.07) is 1.77. The molecule has 0 saturated carbocycles. The van der Waals surface area contributed by atoms with Gasteiger partial charge in [0.05, 0.1) is 5.69 Å². The Morgan fingerprint density at radius 3 is 2.62 bits per heavy atom. The molecule has 1 N–H and O–H groups in total. The van der Waals surface area contributed by atoms with Crippen LogP contribution in [0.15, 0.2) is 16.9 Å². The molecule has 1 aromatic rings. The summed E-state index contributed by atoms with van der Waals surface area (Å²) in [5.74, 6) is 0. The van der Waals surface area contributed by atoms with Crippen LogP contribution in [0.4, 0.5) is 0 Å². The molecule has 0 radical (unpaired) electrons. The molecule has 0 aromatic carbocycles. The van der Waals surface area contributed by atoms with Crippen molar-refractivity contribution in [1.82, 2.24) is 4.73 Å². The van der Waals surface area contributed by atoms with E-state index in [0.29, 0.717) is 16.0 Å². The molecule has 0 aliphatic rings. The summed E-state index contributed by atoms with van der Waals surface area (Å²) in [6.07, 6.45) is 3.46. The maximum absolute atomic E-state index is 11.4. The molecule has 0 spiro atoms. The van der Waals surface area contributed by atoms with Crippen LogP contribution < -0.4 is 5.56 Å². The number of aromatic nitrogens is 1. The summed E-state index contributed by atoms with van der Waals surface area (Å²) in [5.41, 5.74) is 1.63. The van der Waals surface area contributed by atoms with Crippen molar-refractivity contribution in [2.75, 3.05) is 0 Å². The van der Waals surface area contributed by atoms with E-state index in [-0.39, 0.29) is 5.56 Å². The van der Waals surface area contributed by atoms with Crippen LogP contribution >= 0.6 is 0 Å². The fourth-order valence-electron chi connectivity index (χ4n) is 1.13. The second-order valence-electron chi connectivity index (χ2n) is 2.99. The Bertz CT molecular complexity index is 402. The van der Waals surface area contributed by atoms with Crippen LogP contribution in [0.25, 0.3) is 6.08 Å². The lowest BCUT2D eigenvalue weighted by atomic mass is 10.1. The molecule has 0 aliphatic carbocycles. The zero-order chi connectivity index (χ0) is 10.0. The minimum Gasteiger partial charge on any atom is -0.425 e. The molecule has 0 aliphatic heterocycles. The second kappa shape index (κ2) is 3.47. The van der Waals surface area contributed by atoms with E-state index in [1.54, 1.807) is 25.1 Å². The van der Waals surface area contributed by atoms with E-state index in [0.717, 1.165) is 5.56 Å². The zero-order valence-corrected chi connectivity index (χ0v) is 8.03. The first-order valence-corrected chi connectivity index (χ1v) is 4.13. The third kappa shape index (κ3) is 1.64. The van der Waals surface area contributed by atoms with E-state index >= 15 is 0 Å². The lowest BCUT2D eigenvalue weighted by Gasteiger charge is -2.05. The van der Waals surface area contributed by atoms with Gasteiger partial charge in [0.1, 0.15) is 0 Å². The first-order chi connectivity index (χ1) is 6.07. The Balaban J connectivity index is 3.50.